The van der Waals surface area contributed by atoms with E-state index in [2.05, 4.69) is 15.2 Å². The Morgan fingerprint density at radius 1 is 1.14 bits per heavy atom. The Hall–Kier alpha value is -1.98. The Bertz CT molecular complexity index is 1150. The summed E-state index contributed by atoms with van der Waals surface area (Å²) in [5.41, 5.74) is 1.62. The number of aromatic nitrogens is 1. The zero-order chi connectivity index (χ0) is 25.4. The van der Waals surface area contributed by atoms with Crippen LogP contribution in [-0.2, 0) is 27.6 Å². The van der Waals surface area contributed by atoms with Crippen molar-refractivity contribution in [2.45, 2.75) is 82.1 Å². The number of carbonyl (C=O) groups is 1. The number of rotatable bonds is 7. The zero-order valence-electron chi connectivity index (χ0n) is 19.8. The summed E-state index contributed by atoms with van der Waals surface area (Å²) in [5, 5.41) is 3.36. The highest BCUT2D eigenvalue weighted by molar-refractivity contribution is 7.91. The summed E-state index contributed by atoms with van der Waals surface area (Å²) >= 11 is 1.42. The molecular formula is C24H30F3N3O3S2. The van der Waals surface area contributed by atoms with Crippen molar-refractivity contribution in [2.75, 3.05) is 11.1 Å². The van der Waals surface area contributed by atoms with E-state index in [1.54, 1.807) is 19.1 Å². The fraction of sp³-hybridized carbons (Fsp3) is 0.583. The number of hydrogen-bond donors (Lipinski definition) is 1. The van der Waals surface area contributed by atoms with Crippen LogP contribution in [0.15, 0.2) is 29.2 Å². The Balaban J connectivity index is 1.36. The molecule has 0 saturated heterocycles. The minimum absolute atomic E-state index is 0.0204. The van der Waals surface area contributed by atoms with Crippen molar-refractivity contribution in [1.29, 1.82) is 0 Å². The highest BCUT2D eigenvalue weighted by atomic mass is 32.2. The van der Waals surface area contributed by atoms with Crippen molar-refractivity contribution < 1.29 is 26.4 Å². The third kappa shape index (κ3) is 5.72. The third-order valence-corrected chi connectivity index (χ3v) is 9.78. The molecular weight excluding hydrogens is 499 g/mol. The molecule has 2 aliphatic rings. The molecule has 1 N–H and O–H groups in total. The molecule has 2 aromatic rings. The first-order valence-corrected chi connectivity index (χ1v) is 14.4. The van der Waals surface area contributed by atoms with E-state index >= 15 is 0 Å². The molecule has 1 aromatic carbocycles. The van der Waals surface area contributed by atoms with Crippen LogP contribution in [0.3, 0.4) is 0 Å². The van der Waals surface area contributed by atoms with Gasteiger partial charge in [-0.1, -0.05) is 26.0 Å². The number of sulfone groups is 1. The number of nitrogens with zero attached hydrogens (tertiary/aromatic N) is 2. The van der Waals surface area contributed by atoms with Crippen molar-refractivity contribution in [2.24, 2.45) is 5.92 Å². The molecule has 0 unspecified atom stereocenters. The molecule has 4 rings (SSSR count). The predicted molar refractivity (Wildman–Crippen MR) is 129 cm³/mol. The number of alkyl halides is 3. The van der Waals surface area contributed by atoms with Gasteiger partial charge in [-0.05, 0) is 49.8 Å². The fourth-order valence-corrected chi connectivity index (χ4v) is 7.03. The van der Waals surface area contributed by atoms with E-state index in [9.17, 15) is 26.4 Å². The Labute approximate surface area is 207 Å². The van der Waals surface area contributed by atoms with Crippen molar-refractivity contribution in [3.63, 3.8) is 0 Å². The molecule has 0 radical (unpaired) electrons. The smallest absolute Gasteiger partial charge is 0.302 e. The summed E-state index contributed by atoms with van der Waals surface area (Å²) in [6.45, 7) is 4.28. The minimum atomic E-state index is -4.11. The number of benzene rings is 1. The summed E-state index contributed by atoms with van der Waals surface area (Å²) in [5.74, 6) is -1.41. The molecule has 192 valence electrons. The van der Waals surface area contributed by atoms with E-state index in [-0.39, 0.29) is 47.9 Å². The number of hydrogen-bond acceptors (Lipinski definition) is 6. The molecule has 0 bridgehead atoms. The third-order valence-electron chi connectivity index (χ3n) is 7.06. The molecule has 35 heavy (non-hydrogen) atoms. The Morgan fingerprint density at radius 2 is 1.80 bits per heavy atom. The normalized spacial score (nSPS) is 23.3. The van der Waals surface area contributed by atoms with Crippen LogP contribution in [0.5, 0.6) is 0 Å². The summed E-state index contributed by atoms with van der Waals surface area (Å²) in [4.78, 5) is 20.8. The summed E-state index contributed by atoms with van der Waals surface area (Å²) in [6.07, 6.45) is -1.78. The van der Waals surface area contributed by atoms with Gasteiger partial charge in [0.1, 0.15) is 0 Å². The maximum atomic E-state index is 13.0. The maximum Gasteiger partial charge on any atom is 0.391 e. The topological polar surface area (TPSA) is 79.4 Å². The van der Waals surface area contributed by atoms with Crippen LogP contribution in [0.4, 0.5) is 18.3 Å². The van der Waals surface area contributed by atoms with Crippen molar-refractivity contribution in [3.8, 4) is 0 Å². The van der Waals surface area contributed by atoms with Crippen LogP contribution in [0.1, 0.15) is 68.1 Å². The van der Waals surface area contributed by atoms with Gasteiger partial charge in [-0.2, -0.15) is 13.2 Å². The van der Waals surface area contributed by atoms with Crippen molar-refractivity contribution in [1.82, 2.24) is 9.88 Å². The van der Waals surface area contributed by atoms with Crippen LogP contribution in [0.2, 0.25) is 0 Å². The van der Waals surface area contributed by atoms with Crippen LogP contribution >= 0.6 is 11.3 Å². The van der Waals surface area contributed by atoms with Gasteiger partial charge in [0.15, 0.2) is 15.0 Å². The van der Waals surface area contributed by atoms with E-state index in [1.165, 1.54) is 23.5 Å². The molecule has 11 heteroatoms. The molecule has 1 aliphatic carbocycles. The second kappa shape index (κ2) is 10.2. The molecule has 1 amide bonds. The molecule has 1 aromatic heterocycles. The van der Waals surface area contributed by atoms with Gasteiger partial charge in [-0.25, -0.2) is 13.4 Å². The average molecular weight is 530 g/mol. The summed E-state index contributed by atoms with van der Waals surface area (Å²) < 4.78 is 63.0. The van der Waals surface area contributed by atoms with Gasteiger partial charge in [0, 0.05) is 17.5 Å². The van der Waals surface area contributed by atoms with Crippen LogP contribution in [0, 0.1) is 5.92 Å². The fourth-order valence-electron chi connectivity index (χ4n) is 5.10. The van der Waals surface area contributed by atoms with Gasteiger partial charge < -0.3 is 5.32 Å². The number of amides is 1. The standard InChI is InChI=1S/C24H30F3N3O3S2/c1-3-19-22-20(14-30(19)17-9-7-16(8-10-17)24(25,26)27)34-23(29-22)28-21(31)13-15-5-11-18(12-6-15)35(32,33)4-2/h5-6,11-12,16-17,19H,3-4,7-10,13-14H2,1-2H3,(H,28,29,31)/t16?,17?,19-/m0/s1. The van der Waals surface area contributed by atoms with Crippen molar-refractivity contribution in [3.05, 3.63) is 40.4 Å². The molecule has 1 atom stereocenters. The lowest BCUT2D eigenvalue weighted by Crippen LogP contribution is -2.39. The highest BCUT2D eigenvalue weighted by Gasteiger charge is 2.44. The van der Waals surface area contributed by atoms with Crippen LogP contribution in [0.25, 0.3) is 0 Å². The van der Waals surface area contributed by atoms with Gasteiger partial charge in [-0.15, -0.1) is 11.3 Å². The lowest BCUT2D eigenvalue weighted by Gasteiger charge is -2.38. The molecule has 0 spiro atoms. The lowest BCUT2D eigenvalue weighted by atomic mass is 9.84. The van der Waals surface area contributed by atoms with Gasteiger partial charge in [0.05, 0.1) is 34.7 Å². The second-order valence-electron chi connectivity index (χ2n) is 9.24. The summed E-state index contributed by atoms with van der Waals surface area (Å²) in [6, 6.07) is 6.49. The van der Waals surface area contributed by atoms with Gasteiger partial charge in [0.2, 0.25) is 5.91 Å². The van der Waals surface area contributed by atoms with Gasteiger partial charge >= 0.3 is 6.18 Å². The second-order valence-corrected chi connectivity index (χ2v) is 12.6. The largest absolute Gasteiger partial charge is 0.391 e. The quantitative estimate of drug-likeness (QED) is 0.512. The van der Waals surface area contributed by atoms with E-state index in [0.29, 0.717) is 30.1 Å². The molecule has 1 aliphatic heterocycles. The predicted octanol–water partition coefficient (Wildman–Crippen LogP) is 5.51. The first-order valence-electron chi connectivity index (χ1n) is 12.0. The van der Waals surface area contributed by atoms with E-state index in [1.807, 2.05) is 6.92 Å². The number of carbonyl (C=O) groups excluding carboxylic acids is 1. The maximum absolute atomic E-state index is 13.0. The monoisotopic (exact) mass is 529 g/mol. The minimum Gasteiger partial charge on any atom is -0.302 e. The SMILES string of the molecule is CC[C@H]1c2nc(NC(=O)Cc3ccc(S(=O)(=O)CC)cc3)sc2CN1C1CCC(C(F)(F)F)CC1. The molecule has 6 nitrogen and oxygen atoms in total. The van der Waals surface area contributed by atoms with E-state index < -0.39 is 21.9 Å². The lowest BCUT2D eigenvalue weighted by molar-refractivity contribution is -0.185. The van der Waals surface area contributed by atoms with E-state index in [4.69, 9.17) is 0 Å². The van der Waals surface area contributed by atoms with Crippen molar-refractivity contribution >= 4 is 32.2 Å². The Kier molecular flexibility index (Phi) is 7.59. The van der Waals surface area contributed by atoms with E-state index in [0.717, 1.165) is 17.0 Å². The Morgan fingerprint density at radius 3 is 2.37 bits per heavy atom. The number of fused-ring (bicyclic) bond motifs is 1. The number of halogens is 3. The molecule has 2 heterocycles. The number of anilines is 1. The highest BCUT2D eigenvalue weighted by Crippen LogP contribution is 2.46. The number of nitrogens with one attached hydrogen (secondary N) is 1. The van der Waals surface area contributed by atoms with Gasteiger partial charge in [0.25, 0.3) is 0 Å². The summed E-state index contributed by atoms with van der Waals surface area (Å²) in [7, 11) is -3.28. The zero-order valence-corrected chi connectivity index (χ0v) is 21.4. The average Bonchev–Trinajstić information content (AvgIpc) is 3.35. The molecule has 1 fully saturated rings. The number of thiazole rings is 1. The van der Waals surface area contributed by atoms with Crippen LogP contribution in [-0.4, -0.2) is 42.2 Å². The van der Waals surface area contributed by atoms with Gasteiger partial charge in [-0.3, -0.25) is 9.69 Å². The first-order chi connectivity index (χ1) is 16.5. The molecule has 1 saturated carbocycles. The first kappa shape index (κ1) is 26.1. The van der Waals surface area contributed by atoms with Crippen LogP contribution < -0.4 is 5.32 Å².